The topological polar surface area (TPSA) is 35.2 Å². The molecule has 1 aromatic rings. The highest BCUT2D eigenvalue weighted by atomic mass is 79.9. The number of hydrogen-bond donors (Lipinski definition) is 1. The Balaban J connectivity index is 2.90. The Labute approximate surface area is 81.9 Å². The van der Waals surface area contributed by atoms with Gasteiger partial charge in [-0.25, -0.2) is 5.90 Å². The largest absolute Gasteiger partial charge is 0.300 e. The number of halogens is 2. The van der Waals surface area contributed by atoms with E-state index in [1.54, 1.807) is 0 Å². The van der Waals surface area contributed by atoms with Crippen LogP contribution in [0.5, 0.6) is 0 Å². The van der Waals surface area contributed by atoms with E-state index in [1.807, 2.05) is 18.2 Å². The van der Waals surface area contributed by atoms with Crippen molar-refractivity contribution in [3.05, 3.63) is 32.7 Å². The van der Waals surface area contributed by atoms with Gasteiger partial charge in [-0.3, -0.25) is 4.84 Å². The molecule has 0 fully saturated rings. The molecule has 0 unspecified atom stereocenters. The fraction of sp³-hybridized carbons (Fsp3) is 0.143. The van der Waals surface area contributed by atoms with Crippen LogP contribution in [0.15, 0.2) is 27.1 Å². The van der Waals surface area contributed by atoms with Gasteiger partial charge in [0.05, 0.1) is 6.61 Å². The van der Waals surface area contributed by atoms with E-state index in [2.05, 4.69) is 36.7 Å². The zero-order chi connectivity index (χ0) is 8.27. The van der Waals surface area contributed by atoms with Crippen molar-refractivity contribution in [3.63, 3.8) is 0 Å². The van der Waals surface area contributed by atoms with Crippen LogP contribution in [0, 0.1) is 0 Å². The second-order valence-electron chi connectivity index (χ2n) is 2.05. The van der Waals surface area contributed by atoms with Gasteiger partial charge < -0.3 is 0 Å². The van der Waals surface area contributed by atoms with Crippen LogP contribution in [0.25, 0.3) is 0 Å². The molecule has 0 bridgehead atoms. The molecule has 0 radical (unpaired) electrons. The monoisotopic (exact) mass is 279 g/mol. The molecule has 0 spiro atoms. The summed E-state index contributed by atoms with van der Waals surface area (Å²) in [7, 11) is 0. The van der Waals surface area contributed by atoms with Crippen LogP contribution < -0.4 is 5.90 Å². The van der Waals surface area contributed by atoms with Gasteiger partial charge in [-0.05, 0) is 17.7 Å². The van der Waals surface area contributed by atoms with Crippen LogP contribution in [-0.4, -0.2) is 0 Å². The molecule has 0 amide bonds. The van der Waals surface area contributed by atoms with E-state index in [1.165, 1.54) is 0 Å². The molecule has 4 heteroatoms. The summed E-state index contributed by atoms with van der Waals surface area (Å²) in [6.07, 6.45) is 0. The minimum Gasteiger partial charge on any atom is -0.300 e. The average Bonchev–Trinajstić information content (AvgIpc) is 1.95. The summed E-state index contributed by atoms with van der Waals surface area (Å²) < 4.78 is 2.03. The Morgan fingerprint density at radius 3 is 2.64 bits per heavy atom. The first-order chi connectivity index (χ1) is 5.24. The number of hydrogen-bond acceptors (Lipinski definition) is 2. The predicted molar refractivity (Wildman–Crippen MR) is 50.8 cm³/mol. The first-order valence-corrected chi connectivity index (χ1v) is 4.58. The molecule has 0 aliphatic carbocycles. The normalized spacial score (nSPS) is 10.1. The summed E-state index contributed by atoms with van der Waals surface area (Å²) in [6, 6.07) is 5.84. The molecule has 0 saturated carbocycles. The quantitative estimate of drug-likeness (QED) is 0.846. The minimum atomic E-state index is 0.424. The van der Waals surface area contributed by atoms with E-state index in [9.17, 15) is 0 Å². The fourth-order valence-electron chi connectivity index (χ4n) is 0.729. The maximum atomic E-state index is 4.93. The predicted octanol–water partition coefficient (Wildman–Crippen LogP) is 2.60. The molecule has 0 aromatic heterocycles. The lowest BCUT2D eigenvalue weighted by Crippen LogP contribution is -1.99. The maximum Gasteiger partial charge on any atom is 0.0940 e. The van der Waals surface area contributed by atoms with Crippen LogP contribution in [-0.2, 0) is 11.4 Å². The van der Waals surface area contributed by atoms with Crippen molar-refractivity contribution >= 4 is 31.9 Å². The van der Waals surface area contributed by atoms with Gasteiger partial charge in [0.1, 0.15) is 0 Å². The van der Waals surface area contributed by atoms with Gasteiger partial charge in [0, 0.05) is 8.95 Å². The van der Waals surface area contributed by atoms with Crippen LogP contribution in [0.3, 0.4) is 0 Å². The summed E-state index contributed by atoms with van der Waals surface area (Å²) in [5, 5.41) is 0. The number of nitrogens with two attached hydrogens (primary N) is 1. The molecular formula is C7H7Br2NO. The third-order valence-corrected chi connectivity index (χ3v) is 2.49. The molecule has 11 heavy (non-hydrogen) atoms. The lowest BCUT2D eigenvalue weighted by atomic mass is 10.2. The van der Waals surface area contributed by atoms with E-state index >= 15 is 0 Å². The molecule has 1 aromatic carbocycles. The van der Waals surface area contributed by atoms with E-state index in [-0.39, 0.29) is 0 Å². The summed E-state index contributed by atoms with van der Waals surface area (Å²) in [6.45, 7) is 0.424. The summed E-state index contributed by atoms with van der Waals surface area (Å²) >= 11 is 6.73. The van der Waals surface area contributed by atoms with Crippen LogP contribution >= 0.6 is 31.9 Å². The van der Waals surface area contributed by atoms with Gasteiger partial charge in [0.15, 0.2) is 0 Å². The first-order valence-electron chi connectivity index (χ1n) is 2.99. The van der Waals surface area contributed by atoms with Gasteiger partial charge in [0.25, 0.3) is 0 Å². The fourth-order valence-corrected chi connectivity index (χ4v) is 1.89. The van der Waals surface area contributed by atoms with Gasteiger partial charge in [-0.1, -0.05) is 37.9 Å². The SMILES string of the molecule is NOCc1ccc(Br)cc1Br. The van der Waals surface area contributed by atoms with Gasteiger partial charge in [-0.2, -0.15) is 0 Å². The standard InChI is InChI=1S/C7H7Br2NO/c8-6-2-1-5(4-11-10)7(9)3-6/h1-3H,4,10H2. The Kier molecular flexibility index (Phi) is 3.51. The van der Waals surface area contributed by atoms with Crippen LogP contribution in [0.2, 0.25) is 0 Å². The van der Waals surface area contributed by atoms with Crippen LogP contribution in [0.1, 0.15) is 5.56 Å². The molecule has 2 nitrogen and oxygen atoms in total. The van der Waals surface area contributed by atoms with Crippen molar-refractivity contribution in [2.45, 2.75) is 6.61 Å². The van der Waals surface area contributed by atoms with E-state index in [4.69, 9.17) is 5.90 Å². The van der Waals surface area contributed by atoms with E-state index in [0.717, 1.165) is 14.5 Å². The summed E-state index contributed by atoms with van der Waals surface area (Å²) in [5.74, 6) is 4.93. The van der Waals surface area contributed by atoms with Crippen molar-refractivity contribution in [1.82, 2.24) is 0 Å². The third kappa shape index (κ3) is 2.56. The average molecular weight is 281 g/mol. The molecule has 0 aliphatic heterocycles. The molecule has 1 rings (SSSR count). The Morgan fingerprint density at radius 2 is 2.09 bits per heavy atom. The first kappa shape index (κ1) is 9.19. The lowest BCUT2D eigenvalue weighted by Gasteiger charge is -2.01. The Bertz CT molecular complexity index is 252. The highest BCUT2D eigenvalue weighted by molar-refractivity contribution is 9.11. The second-order valence-corrected chi connectivity index (χ2v) is 3.82. The zero-order valence-corrected chi connectivity index (χ0v) is 8.85. The Hall–Kier alpha value is 0.1000. The molecular weight excluding hydrogens is 274 g/mol. The van der Waals surface area contributed by atoms with Crippen LogP contribution in [0.4, 0.5) is 0 Å². The highest BCUT2D eigenvalue weighted by Crippen LogP contribution is 2.21. The number of rotatable bonds is 2. The molecule has 0 atom stereocenters. The number of benzene rings is 1. The van der Waals surface area contributed by atoms with E-state index < -0.39 is 0 Å². The van der Waals surface area contributed by atoms with Crippen molar-refractivity contribution < 1.29 is 4.84 Å². The zero-order valence-electron chi connectivity index (χ0n) is 5.68. The van der Waals surface area contributed by atoms with Crippen molar-refractivity contribution in [2.75, 3.05) is 0 Å². The Morgan fingerprint density at radius 1 is 1.36 bits per heavy atom. The summed E-state index contributed by atoms with van der Waals surface area (Å²) in [5.41, 5.74) is 1.04. The van der Waals surface area contributed by atoms with Gasteiger partial charge >= 0.3 is 0 Å². The van der Waals surface area contributed by atoms with Gasteiger partial charge in [0.2, 0.25) is 0 Å². The van der Waals surface area contributed by atoms with Crippen molar-refractivity contribution in [3.8, 4) is 0 Å². The molecule has 2 N–H and O–H groups in total. The minimum absolute atomic E-state index is 0.424. The molecule has 60 valence electrons. The maximum absolute atomic E-state index is 4.93. The third-order valence-electron chi connectivity index (χ3n) is 1.25. The van der Waals surface area contributed by atoms with Crippen molar-refractivity contribution in [2.24, 2.45) is 5.90 Å². The molecule has 0 aliphatic rings. The smallest absolute Gasteiger partial charge is 0.0940 e. The molecule has 0 saturated heterocycles. The second kappa shape index (κ2) is 4.21. The van der Waals surface area contributed by atoms with E-state index in [0.29, 0.717) is 6.61 Å². The van der Waals surface area contributed by atoms with Crippen molar-refractivity contribution in [1.29, 1.82) is 0 Å². The molecule has 0 heterocycles. The summed E-state index contributed by atoms with van der Waals surface area (Å²) in [4.78, 5) is 4.50. The lowest BCUT2D eigenvalue weighted by molar-refractivity contribution is 0.123. The highest BCUT2D eigenvalue weighted by Gasteiger charge is 1.98. The van der Waals surface area contributed by atoms with Gasteiger partial charge in [-0.15, -0.1) is 0 Å².